The summed E-state index contributed by atoms with van der Waals surface area (Å²) in [6.45, 7) is 9.02. The molecule has 0 heterocycles. The number of benzene rings is 2. The Balaban J connectivity index is 2.50. The zero-order valence-electron chi connectivity index (χ0n) is 12.7. The van der Waals surface area contributed by atoms with E-state index in [9.17, 15) is 0 Å². The Kier molecular flexibility index (Phi) is 5.67. The number of rotatable bonds is 4. The van der Waals surface area contributed by atoms with Crippen LogP contribution in [0.25, 0.3) is 0 Å². The first-order chi connectivity index (χ1) is 9.52. The van der Waals surface area contributed by atoms with Crippen LogP contribution in [-0.2, 0) is 0 Å². The van der Waals surface area contributed by atoms with Gasteiger partial charge in [-0.25, -0.2) is 0 Å². The Labute approximate surface area is 134 Å². The first-order valence-electron chi connectivity index (χ1n) is 7.34. The van der Waals surface area contributed by atoms with Crippen LogP contribution in [0.15, 0.2) is 48.5 Å². The predicted molar refractivity (Wildman–Crippen MR) is 91.9 cm³/mol. The molecule has 0 nitrogen and oxygen atoms in total. The van der Waals surface area contributed by atoms with E-state index in [-0.39, 0.29) is 0 Å². The Morgan fingerprint density at radius 3 is 1.40 bits per heavy atom. The van der Waals surface area contributed by atoms with Gasteiger partial charge in [-0.15, -0.1) is 0 Å². The summed E-state index contributed by atoms with van der Waals surface area (Å²) in [5, 5.41) is 0. The fourth-order valence-corrected chi connectivity index (χ4v) is 15.3. The van der Waals surface area contributed by atoms with Crippen LogP contribution < -0.4 is 6.25 Å². The molecule has 0 N–H and O–H groups in total. The molecule has 2 aromatic rings. The van der Waals surface area contributed by atoms with Gasteiger partial charge in [0.15, 0.2) is 0 Å². The van der Waals surface area contributed by atoms with Crippen molar-refractivity contribution < 1.29 is 0 Å². The summed E-state index contributed by atoms with van der Waals surface area (Å²) < 4.78 is 2.91. The van der Waals surface area contributed by atoms with Crippen LogP contribution in [0.3, 0.4) is 0 Å². The first-order valence-corrected chi connectivity index (χ1v) is 17.4. The van der Waals surface area contributed by atoms with Crippen molar-refractivity contribution in [3.8, 4) is 0 Å². The molecular formula is C18H22ClTl. The molecule has 0 unspecified atom stereocenters. The van der Waals surface area contributed by atoms with Gasteiger partial charge in [-0.2, -0.15) is 0 Å². The molecule has 0 aromatic heterocycles. The second-order valence-electron chi connectivity index (χ2n) is 5.93. The summed E-state index contributed by atoms with van der Waals surface area (Å²) in [6.07, 6.45) is 0. The second-order valence-corrected chi connectivity index (χ2v) is 17.4. The van der Waals surface area contributed by atoms with Gasteiger partial charge in [0.05, 0.1) is 0 Å². The topological polar surface area (TPSA) is 0 Å². The van der Waals surface area contributed by atoms with Crippen LogP contribution in [0.5, 0.6) is 0 Å². The number of hydrogen-bond acceptors (Lipinski definition) is 0. The monoisotopic (exact) mass is 478 g/mol. The van der Waals surface area contributed by atoms with Crippen LogP contribution >= 0.6 is 8.32 Å². The maximum atomic E-state index is 7.05. The maximum absolute atomic E-state index is 7.05. The molecule has 104 valence electrons. The van der Waals surface area contributed by atoms with Crippen molar-refractivity contribution in [2.75, 3.05) is 0 Å². The average Bonchev–Trinajstić information content (AvgIpc) is 2.46. The summed E-state index contributed by atoms with van der Waals surface area (Å²) in [5.74, 6) is 1.08. The molecular weight excluding hydrogens is 456 g/mol. The van der Waals surface area contributed by atoms with Crippen LogP contribution in [0, 0.1) is 0 Å². The third-order valence-electron chi connectivity index (χ3n) is 3.78. The molecule has 0 saturated carbocycles. The molecule has 2 aromatic carbocycles. The fraction of sp³-hybridized carbons (Fsp3) is 0.333. The molecule has 0 aliphatic carbocycles. The molecule has 20 heavy (non-hydrogen) atoms. The Hall–Kier alpha value is -0.348. The number of halogens is 1. The van der Waals surface area contributed by atoms with Crippen molar-refractivity contribution in [3.05, 3.63) is 59.7 Å². The zero-order chi connectivity index (χ0) is 14.7. The number of hydrogen-bond donors (Lipinski definition) is 0. The minimum atomic E-state index is -2.57. The SMILES string of the molecule is CC(C)c1cccc[c]1[Tl]([Cl])[c]1ccccc1C(C)C. The Morgan fingerprint density at radius 1 is 0.700 bits per heavy atom. The summed E-state index contributed by atoms with van der Waals surface area (Å²) in [4.78, 5) is 0. The van der Waals surface area contributed by atoms with E-state index in [2.05, 4.69) is 76.2 Å². The molecule has 0 fully saturated rings. The van der Waals surface area contributed by atoms with Gasteiger partial charge in [-0.3, -0.25) is 0 Å². The standard InChI is InChI=1S/2C9H11.ClH.Tl/c2*1-8(2)9-6-4-3-5-7-9;;/h2*3-6,8H,1-2H3;1H;/q;;;+1/p-1. The van der Waals surface area contributed by atoms with Gasteiger partial charge in [0.1, 0.15) is 0 Å². The third kappa shape index (κ3) is 3.45. The van der Waals surface area contributed by atoms with Crippen molar-refractivity contribution in [1.82, 2.24) is 0 Å². The van der Waals surface area contributed by atoms with E-state index in [1.54, 1.807) is 0 Å². The van der Waals surface area contributed by atoms with E-state index in [0.717, 1.165) is 0 Å². The van der Waals surface area contributed by atoms with Crippen LogP contribution in [0.2, 0.25) is 0 Å². The quantitative estimate of drug-likeness (QED) is 0.576. The molecule has 0 aliphatic rings. The molecule has 0 bridgehead atoms. The first kappa shape index (κ1) is 16.0. The molecule has 0 atom stereocenters. The van der Waals surface area contributed by atoms with Crippen LogP contribution in [0.4, 0.5) is 0 Å². The van der Waals surface area contributed by atoms with Gasteiger partial charge in [-0.1, -0.05) is 0 Å². The van der Waals surface area contributed by atoms with E-state index in [1.165, 1.54) is 17.4 Å². The van der Waals surface area contributed by atoms with Gasteiger partial charge in [0, 0.05) is 0 Å². The summed E-state index contributed by atoms with van der Waals surface area (Å²) in [7, 11) is 7.05. The van der Waals surface area contributed by atoms with Crippen molar-refractivity contribution >= 4 is 36.0 Å². The van der Waals surface area contributed by atoms with Crippen molar-refractivity contribution in [2.24, 2.45) is 0 Å². The molecule has 0 radical (unpaired) electrons. The van der Waals surface area contributed by atoms with Gasteiger partial charge < -0.3 is 0 Å². The van der Waals surface area contributed by atoms with Crippen molar-refractivity contribution in [1.29, 1.82) is 0 Å². The average molecular weight is 478 g/mol. The molecule has 2 heteroatoms. The molecule has 0 aliphatic heterocycles. The van der Waals surface area contributed by atoms with Gasteiger partial charge >= 0.3 is 135 Å². The Bertz CT molecular complexity index is 524. The Morgan fingerprint density at radius 2 is 1.05 bits per heavy atom. The second kappa shape index (κ2) is 7.08. The summed E-state index contributed by atoms with van der Waals surface area (Å²) in [5.41, 5.74) is 2.88. The van der Waals surface area contributed by atoms with Crippen LogP contribution in [-0.4, -0.2) is 21.5 Å². The van der Waals surface area contributed by atoms with E-state index < -0.39 is 21.5 Å². The fourth-order valence-electron chi connectivity index (χ4n) is 2.70. The molecule has 0 amide bonds. The van der Waals surface area contributed by atoms with E-state index in [1.807, 2.05) is 0 Å². The minimum absolute atomic E-state index is 0.540. The van der Waals surface area contributed by atoms with E-state index in [4.69, 9.17) is 8.32 Å². The summed E-state index contributed by atoms with van der Waals surface area (Å²) in [6, 6.07) is 17.5. The molecule has 0 saturated heterocycles. The van der Waals surface area contributed by atoms with Gasteiger partial charge in [0.2, 0.25) is 0 Å². The normalized spacial score (nSPS) is 11.2. The van der Waals surface area contributed by atoms with Gasteiger partial charge in [0.25, 0.3) is 0 Å². The van der Waals surface area contributed by atoms with Crippen molar-refractivity contribution in [2.45, 2.75) is 39.5 Å². The van der Waals surface area contributed by atoms with Gasteiger partial charge in [-0.05, 0) is 0 Å². The zero-order valence-corrected chi connectivity index (χ0v) is 18.0. The van der Waals surface area contributed by atoms with E-state index in [0.29, 0.717) is 11.8 Å². The third-order valence-corrected chi connectivity index (χ3v) is 16.2. The van der Waals surface area contributed by atoms with E-state index >= 15 is 0 Å². The molecule has 0 spiro atoms. The van der Waals surface area contributed by atoms with Crippen molar-refractivity contribution in [3.63, 3.8) is 0 Å². The summed E-state index contributed by atoms with van der Waals surface area (Å²) >= 11 is -2.57. The predicted octanol–water partition coefficient (Wildman–Crippen LogP) is 4.28. The van der Waals surface area contributed by atoms with Crippen LogP contribution in [0.1, 0.15) is 50.7 Å². The molecule has 2 rings (SSSR count).